The summed E-state index contributed by atoms with van der Waals surface area (Å²) in [4.78, 5) is 26.3. The predicted molar refractivity (Wildman–Crippen MR) is 151 cm³/mol. The fourth-order valence-corrected chi connectivity index (χ4v) is 4.16. The molecule has 0 bridgehead atoms. The van der Waals surface area contributed by atoms with Crippen molar-refractivity contribution < 1.29 is 19.1 Å². The second-order valence-electron chi connectivity index (χ2n) is 8.63. The van der Waals surface area contributed by atoms with E-state index in [1.807, 2.05) is 62.4 Å². The number of rotatable bonds is 11. The Balaban J connectivity index is 1.59. The van der Waals surface area contributed by atoms with E-state index >= 15 is 0 Å². The van der Waals surface area contributed by atoms with E-state index in [0.717, 1.165) is 18.4 Å². The third kappa shape index (κ3) is 6.79. The number of carbonyl (C=O) groups excluding carboxylic acids is 2. The molecule has 4 rings (SSSR count). The van der Waals surface area contributed by atoms with E-state index in [0.29, 0.717) is 47.2 Å². The van der Waals surface area contributed by atoms with Crippen LogP contribution in [0.25, 0.3) is 0 Å². The van der Waals surface area contributed by atoms with Crippen LogP contribution in [0.3, 0.4) is 0 Å². The Hall–Kier alpha value is -4.58. The van der Waals surface area contributed by atoms with Crippen molar-refractivity contribution >= 4 is 23.2 Å². The summed E-state index contributed by atoms with van der Waals surface area (Å²) in [6.07, 6.45) is 1.57. The van der Waals surface area contributed by atoms with Crippen LogP contribution < -0.4 is 20.1 Å². The number of hydrogen-bond acceptors (Lipinski definition) is 4. The summed E-state index contributed by atoms with van der Waals surface area (Å²) in [5.74, 6) is 0.374. The molecular weight excluding hydrogens is 476 g/mol. The van der Waals surface area contributed by atoms with Crippen LogP contribution in [0.4, 0.5) is 11.4 Å². The van der Waals surface area contributed by atoms with Gasteiger partial charge in [0.25, 0.3) is 11.8 Å². The van der Waals surface area contributed by atoms with Crippen LogP contribution in [0.1, 0.15) is 45.7 Å². The molecule has 0 aliphatic heterocycles. The summed E-state index contributed by atoms with van der Waals surface area (Å²) in [7, 11) is 0. The second-order valence-corrected chi connectivity index (χ2v) is 8.63. The zero-order valence-electron chi connectivity index (χ0n) is 21.7. The molecule has 0 fully saturated rings. The lowest BCUT2D eigenvalue weighted by Crippen LogP contribution is -2.17. The Morgan fingerprint density at radius 2 is 1.16 bits per heavy atom. The highest BCUT2D eigenvalue weighted by molar-refractivity contribution is 6.08. The maximum Gasteiger partial charge on any atom is 0.256 e. The van der Waals surface area contributed by atoms with Gasteiger partial charge in [0.05, 0.1) is 24.6 Å². The largest absolute Gasteiger partial charge is 0.492 e. The molecular formula is C32H32N2O4. The molecule has 0 saturated heterocycles. The number of nitrogens with one attached hydrogen (secondary N) is 2. The first-order valence-corrected chi connectivity index (χ1v) is 12.8. The normalized spacial score (nSPS) is 10.5. The fourth-order valence-electron chi connectivity index (χ4n) is 4.16. The Bertz CT molecular complexity index is 1370. The molecule has 4 aromatic rings. The van der Waals surface area contributed by atoms with Gasteiger partial charge in [0, 0.05) is 23.3 Å². The highest BCUT2D eigenvalue weighted by Gasteiger charge is 2.19. The van der Waals surface area contributed by atoms with Crippen LogP contribution >= 0.6 is 0 Å². The standard InChI is InChI=1S/C32H32N2O4/c1-3-37-29-22-28(30(38-4-2)21-27(29)33-31(35)25-16-9-6-10-17-25)34-32(36)26-18-12-11-15-24(26)20-19-23-13-7-5-8-14-23/h5-18,21-22H,3-4,19-20H2,1-2H3,(H,33,35)(H,34,36). The lowest BCUT2D eigenvalue weighted by Gasteiger charge is -2.18. The van der Waals surface area contributed by atoms with E-state index in [2.05, 4.69) is 22.8 Å². The summed E-state index contributed by atoms with van der Waals surface area (Å²) < 4.78 is 11.7. The molecule has 0 spiro atoms. The molecule has 0 heterocycles. The van der Waals surface area contributed by atoms with Crippen molar-refractivity contribution in [2.24, 2.45) is 0 Å². The Morgan fingerprint density at radius 3 is 1.76 bits per heavy atom. The van der Waals surface area contributed by atoms with Crippen LogP contribution in [-0.4, -0.2) is 25.0 Å². The van der Waals surface area contributed by atoms with E-state index < -0.39 is 0 Å². The van der Waals surface area contributed by atoms with Crippen molar-refractivity contribution in [3.05, 3.63) is 119 Å². The van der Waals surface area contributed by atoms with Gasteiger partial charge in [-0.1, -0.05) is 66.7 Å². The van der Waals surface area contributed by atoms with Crippen molar-refractivity contribution in [2.45, 2.75) is 26.7 Å². The summed E-state index contributed by atoms with van der Waals surface area (Å²) in [6.45, 7) is 4.50. The highest BCUT2D eigenvalue weighted by Crippen LogP contribution is 2.37. The van der Waals surface area contributed by atoms with Gasteiger partial charge in [0.2, 0.25) is 0 Å². The molecule has 38 heavy (non-hydrogen) atoms. The minimum Gasteiger partial charge on any atom is -0.492 e. The lowest BCUT2D eigenvalue weighted by molar-refractivity contribution is 0.101. The van der Waals surface area contributed by atoms with E-state index in [4.69, 9.17) is 9.47 Å². The monoisotopic (exact) mass is 508 g/mol. The third-order valence-electron chi connectivity index (χ3n) is 6.00. The molecule has 0 aliphatic rings. The zero-order valence-corrected chi connectivity index (χ0v) is 21.7. The van der Waals surface area contributed by atoms with E-state index in [1.54, 1.807) is 36.4 Å². The predicted octanol–water partition coefficient (Wildman–Crippen LogP) is 6.77. The Morgan fingerprint density at radius 1 is 0.632 bits per heavy atom. The number of aryl methyl sites for hydroxylation is 2. The number of amides is 2. The van der Waals surface area contributed by atoms with Gasteiger partial charge in [0.1, 0.15) is 11.5 Å². The summed E-state index contributed by atoms with van der Waals surface area (Å²) in [5, 5.41) is 5.91. The van der Waals surface area contributed by atoms with Crippen molar-refractivity contribution in [3.8, 4) is 11.5 Å². The Kier molecular flexibility index (Phi) is 9.13. The van der Waals surface area contributed by atoms with E-state index in [-0.39, 0.29) is 11.8 Å². The molecule has 2 amide bonds. The van der Waals surface area contributed by atoms with Gasteiger partial charge in [-0.25, -0.2) is 0 Å². The summed E-state index contributed by atoms with van der Waals surface area (Å²) >= 11 is 0. The van der Waals surface area contributed by atoms with Gasteiger partial charge >= 0.3 is 0 Å². The zero-order chi connectivity index (χ0) is 26.7. The SMILES string of the molecule is CCOc1cc(NC(=O)c2ccccc2CCc2ccccc2)c(OCC)cc1NC(=O)c1ccccc1. The summed E-state index contributed by atoms with van der Waals surface area (Å²) in [6, 6.07) is 30.1. The van der Waals surface area contributed by atoms with Gasteiger partial charge in [-0.15, -0.1) is 0 Å². The molecule has 0 aromatic heterocycles. The van der Waals surface area contributed by atoms with Crippen LogP contribution in [0.5, 0.6) is 11.5 Å². The van der Waals surface area contributed by atoms with Gasteiger partial charge in [-0.05, 0) is 56.0 Å². The third-order valence-corrected chi connectivity index (χ3v) is 6.00. The minimum atomic E-state index is -0.266. The molecule has 2 N–H and O–H groups in total. The van der Waals surface area contributed by atoms with Crippen LogP contribution in [0, 0.1) is 0 Å². The molecule has 0 radical (unpaired) electrons. The van der Waals surface area contributed by atoms with Gasteiger partial charge < -0.3 is 20.1 Å². The molecule has 0 aliphatic carbocycles. The molecule has 0 saturated carbocycles. The number of hydrogen-bond donors (Lipinski definition) is 2. The quantitative estimate of drug-likeness (QED) is 0.234. The van der Waals surface area contributed by atoms with Gasteiger partial charge in [-0.2, -0.15) is 0 Å². The van der Waals surface area contributed by atoms with Crippen LogP contribution in [0.15, 0.2) is 97.1 Å². The lowest BCUT2D eigenvalue weighted by atomic mass is 9.99. The van der Waals surface area contributed by atoms with E-state index in [9.17, 15) is 9.59 Å². The van der Waals surface area contributed by atoms with E-state index in [1.165, 1.54) is 5.56 Å². The number of anilines is 2. The average molecular weight is 509 g/mol. The average Bonchev–Trinajstić information content (AvgIpc) is 2.95. The van der Waals surface area contributed by atoms with Gasteiger partial charge in [0.15, 0.2) is 0 Å². The number of carbonyl (C=O) groups is 2. The molecule has 6 heteroatoms. The first kappa shape index (κ1) is 26.5. The molecule has 0 unspecified atom stereocenters. The minimum absolute atomic E-state index is 0.238. The molecule has 6 nitrogen and oxygen atoms in total. The second kappa shape index (κ2) is 13.1. The van der Waals surface area contributed by atoms with Crippen molar-refractivity contribution in [3.63, 3.8) is 0 Å². The molecule has 194 valence electrons. The topological polar surface area (TPSA) is 76.7 Å². The highest BCUT2D eigenvalue weighted by atomic mass is 16.5. The van der Waals surface area contributed by atoms with Crippen LogP contribution in [-0.2, 0) is 12.8 Å². The summed E-state index contributed by atoms with van der Waals surface area (Å²) in [5.41, 5.74) is 4.24. The van der Waals surface area contributed by atoms with Crippen molar-refractivity contribution in [2.75, 3.05) is 23.8 Å². The number of benzene rings is 4. The van der Waals surface area contributed by atoms with Gasteiger partial charge in [-0.3, -0.25) is 9.59 Å². The number of ether oxygens (including phenoxy) is 2. The molecule has 4 aromatic carbocycles. The van der Waals surface area contributed by atoms with Crippen LogP contribution in [0.2, 0.25) is 0 Å². The first-order chi connectivity index (χ1) is 18.6. The Labute approximate surface area is 223 Å². The fraction of sp³-hybridized carbons (Fsp3) is 0.188. The molecule has 0 atom stereocenters. The first-order valence-electron chi connectivity index (χ1n) is 12.8. The smallest absolute Gasteiger partial charge is 0.256 e. The van der Waals surface area contributed by atoms with Crippen molar-refractivity contribution in [1.82, 2.24) is 0 Å². The maximum absolute atomic E-state index is 13.4. The maximum atomic E-state index is 13.4. The van der Waals surface area contributed by atoms with Crippen molar-refractivity contribution in [1.29, 1.82) is 0 Å².